The summed E-state index contributed by atoms with van der Waals surface area (Å²) < 4.78 is 51.0. The van der Waals surface area contributed by atoms with Crippen LogP contribution in [0.25, 0.3) is 0 Å². The summed E-state index contributed by atoms with van der Waals surface area (Å²) in [4.78, 5) is 30.1. The van der Waals surface area contributed by atoms with E-state index in [-0.39, 0.29) is 29.6 Å². The van der Waals surface area contributed by atoms with Gasteiger partial charge in [-0.05, 0) is 50.5 Å². The fourth-order valence-corrected chi connectivity index (χ4v) is 3.05. The Balaban J connectivity index is 1.65. The van der Waals surface area contributed by atoms with Crippen molar-refractivity contribution in [3.63, 3.8) is 0 Å². The Morgan fingerprint density at radius 2 is 1.79 bits per heavy atom. The first-order valence-corrected chi connectivity index (χ1v) is 11.3. The fourth-order valence-electron chi connectivity index (χ4n) is 3.05. The largest absolute Gasteiger partial charge is 0.490 e. The van der Waals surface area contributed by atoms with Crippen LogP contribution in [0.4, 0.5) is 29.3 Å². The zero-order valence-corrected chi connectivity index (χ0v) is 20.8. The molecule has 2 aromatic carbocycles. The minimum absolute atomic E-state index is 0.0962. The molecule has 0 bridgehead atoms. The number of likely N-dealkylation sites (N-methyl/N-ethyl adjacent to an activating group) is 1. The molecular weight excluding hydrogens is 505 g/mol. The Hall–Kier alpha value is -4.52. The van der Waals surface area contributed by atoms with Crippen molar-refractivity contribution < 1.29 is 32.2 Å². The molecule has 3 amide bonds. The molecule has 0 spiro atoms. The maximum Gasteiger partial charge on any atom is 0.416 e. The van der Waals surface area contributed by atoms with Crippen LogP contribution in [0, 0.1) is 0 Å². The number of hydrogen-bond donors (Lipinski definition) is 4. The molecule has 0 atom stereocenters. The van der Waals surface area contributed by atoms with Gasteiger partial charge < -0.3 is 25.0 Å². The summed E-state index contributed by atoms with van der Waals surface area (Å²) in [5.41, 5.74) is 4.56. The van der Waals surface area contributed by atoms with E-state index in [9.17, 15) is 22.8 Å². The standard InChI is InChI=1S/C25H27F3N6O4/c1-29-23(35)21-15-19(9-10-30-21)38-18-6-4-5-17(14-18)32-33-24(36)31-20-13-16(25(26,27)28)7-8-22(20)37-12-11-34(2)3/h4-10,13-15,32H,11-12H2,1-3H3,(H,29,35)(H2,31,33,36). The van der Waals surface area contributed by atoms with Gasteiger partial charge >= 0.3 is 12.2 Å². The van der Waals surface area contributed by atoms with Crippen LogP contribution < -0.4 is 31.0 Å². The average Bonchev–Trinajstić information content (AvgIpc) is 2.87. The van der Waals surface area contributed by atoms with Crippen LogP contribution in [0.2, 0.25) is 0 Å². The first-order valence-electron chi connectivity index (χ1n) is 11.3. The lowest BCUT2D eigenvalue weighted by atomic mass is 10.2. The van der Waals surface area contributed by atoms with Crippen LogP contribution in [-0.4, -0.2) is 56.1 Å². The van der Waals surface area contributed by atoms with Gasteiger partial charge in [0.1, 0.15) is 29.5 Å². The maximum atomic E-state index is 13.2. The normalized spacial score (nSPS) is 11.0. The molecule has 1 heterocycles. The van der Waals surface area contributed by atoms with Crippen molar-refractivity contribution in [1.82, 2.24) is 20.6 Å². The molecule has 3 rings (SSSR count). The van der Waals surface area contributed by atoms with Crippen LogP contribution in [-0.2, 0) is 6.18 Å². The van der Waals surface area contributed by atoms with Crippen LogP contribution in [0.5, 0.6) is 17.2 Å². The molecule has 0 saturated heterocycles. The quantitative estimate of drug-likeness (QED) is 0.287. The summed E-state index contributed by atoms with van der Waals surface area (Å²) >= 11 is 0. The molecule has 10 nitrogen and oxygen atoms in total. The van der Waals surface area contributed by atoms with E-state index < -0.39 is 17.8 Å². The summed E-state index contributed by atoms with van der Waals surface area (Å²) in [7, 11) is 5.14. The van der Waals surface area contributed by atoms with Gasteiger partial charge in [-0.3, -0.25) is 20.6 Å². The van der Waals surface area contributed by atoms with E-state index in [1.54, 1.807) is 30.3 Å². The summed E-state index contributed by atoms with van der Waals surface area (Å²) in [6, 6.07) is 11.6. The van der Waals surface area contributed by atoms with E-state index in [1.165, 1.54) is 19.3 Å². The lowest BCUT2D eigenvalue weighted by Gasteiger charge is -2.17. The number of hydrazine groups is 1. The molecule has 38 heavy (non-hydrogen) atoms. The third kappa shape index (κ3) is 8.27. The Bertz CT molecular complexity index is 1270. The average molecular weight is 533 g/mol. The highest BCUT2D eigenvalue weighted by Crippen LogP contribution is 2.35. The third-order valence-electron chi connectivity index (χ3n) is 4.93. The van der Waals surface area contributed by atoms with Gasteiger partial charge in [0.25, 0.3) is 5.91 Å². The van der Waals surface area contributed by atoms with E-state index in [2.05, 4.69) is 26.5 Å². The van der Waals surface area contributed by atoms with Gasteiger partial charge in [-0.25, -0.2) is 4.79 Å². The molecule has 3 aromatic rings. The lowest BCUT2D eigenvalue weighted by molar-refractivity contribution is -0.137. The second kappa shape index (κ2) is 12.6. The van der Waals surface area contributed by atoms with Crippen molar-refractivity contribution in [3.8, 4) is 17.2 Å². The van der Waals surface area contributed by atoms with Crippen molar-refractivity contribution in [2.45, 2.75) is 6.18 Å². The van der Waals surface area contributed by atoms with Gasteiger partial charge in [-0.1, -0.05) is 6.07 Å². The number of halogens is 3. The zero-order chi connectivity index (χ0) is 27.7. The number of anilines is 2. The fraction of sp³-hybridized carbons (Fsp3) is 0.240. The second-order valence-corrected chi connectivity index (χ2v) is 8.15. The van der Waals surface area contributed by atoms with Gasteiger partial charge in [0.15, 0.2) is 0 Å². The highest BCUT2D eigenvalue weighted by Gasteiger charge is 2.31. The van der Waals surface area contributed by atoms with E-state index in [4.69, 9.17) is 9.47 Å². The highest BCUT2D eigenvalue weighted by molar-refractivity contribution is 5.92. The topological polar surface area (TPSA) is 117 Å². The molecule has 0 aliphatic carbocycles. The van der Waals surface area contributed by atoms with Crippen molar-refractivity contribution in [2.24, 2.45) is 0 Å². The van der Waals surface area contributed by atoms with Gasteiger partial charge in [0.2, 0.25) is 0 Å². The van der Waals surface area contributed by atoms with Crippen molar-refractivity contribution in [3.05, 3.63) is 72.1 Å². The molecule has 1 aromatic heterocycles. The molecule has 0 unspecified atom stereocenters. The number of amides is 3. The Morgan fingerprint density at radius 1 is 1.03 bits per heavy atom. The predicted molar refractivity (Wildman–Crippen MR) is 135 cm³/mol. The maximum absolute atomic E-state index is 13.2. The first kappa shape index (κ1) is 28.1. The lowest BCUT2D eigenvalue weighted by Crippen LogP contribution is -2.33. The molecule has 0 aliphatic rings. The summed E-state index contributed by atoms with van der Waals surface area (Å²) in [5.74, 6) is 0.487. The number of ether oxygens (including phenoxy) is 2. The summed E-state index contributed by atoms with van der Waals surface area (Å²) in [5, 5.41) is 4.86. The molecule has 0 saturated carbocycles. The molecular formula is C25H27F3N6O4. The molecule has 4 N–H and O–H groups in total. The van der Waals surface area contributed by atoms with Gasteiger partial charge in [-0.2, -0.15) is 13.2 Å². The number of alkyl halides is 3. The summed E-state index contributed by atoms with van der Waals surface area (Å²) in [6.07, 6.45) is -3.16. The monoisotopic (exact) mass is 532 g/mol. The number of hydrogen-bond acceptors (Lipinski definition) is 7. The highest BCUT2D eigenvalue weighted by atomic mass is 19.4. The predicted octanol–water partition coefficient (Wildman–Crippen LogP) is 4.34. The second-order valence-electron chi connectivity index (χ2n) is 8.15. The van der Waals surface area contributed by atoms with Crippen LogP contribution in [0.1, 0.15) is 16.1 Å². The van der Waals surface area contributed by atoms with E-state index in [0.29, 0.717) is 23.7 Å². The Kier molecular flexibility index (Phi) is 9.33. The van der Waals surface area contributed by atoms with E-state index in [0.717, 1.165) is 18.2 Å². The minimum Gasteiger partial charge on any atom is -0.490 e. The smallest absolute Gasteiger partial charge is 0.416 e. The van der Waals surface area contributed by atoms with Gasteiger partial charge in [0, 0.05) is 31.9 Å². The molecule has 13 heteroatoms. The van der Waals surface area contributed by atoms with E-state index >= 15 is 0 Å². The van der Waals surface area contributed by atoms with Crippen LogP contribution in [0.3, 0.4) is 0 Å². The number of benzene rings is 2. The van der Waals surface area contributed by atoms with Gasteiger partial charge in [0.05, 0.1) is 16.9 Å². The number of carbonyl (C=O) groups is 2. The molecule has 0 radical (unpaired) electrons. The third-order valence-corrected chi connectivity index (χ3v) is 4.93. The number of pyridine rings is 1. The number of carbonyl (C=O) groups excluding carboxylic acids is 2. The molecule has 0 fully saturated rings. The van der Waals surface area contributed by atoms with Crippen LogP contribution in [0.15, 0.2) is 60.8 Å². The number of nitrogens with zero attached hydrogens (tertiary/aromatic N) is 2. The van der Waals surface area contributed by atoms with Crippen LogP contribution >= 0.6 is 0 Å². The minimum atomic E-state index is -4.59. The first-order chi connectivity index (χ1) is 18.0. The van der Waals surface area contributed by atoms with Crippen molar-refractivity contribution in [2.75, 3.05) is 45.0 Å². The number of aromatic nitrogens is 1. The van der Waals surface area contributed by atoms with Gasteiger partial charge in [-0.15, -0.1) is 0 Å². The number of rotatable bonds is 10. The Labute approximate surface area is 217 Å². The number of nitrogens with one attached hydrogen (secondary N) is 4. The SMILES string of the molecule is CNC(=O)c1cc(Oc2cccc(NNC(=O)Nc3cc(C(F)(F)F)ccc3OCCN(C)C)c2)ccn1. The van der Waals surface area contributed by atoms with Crippen molar-refractivity contribution in [1.29, 1.82) is 0 Å². The zero-order valence-electron chi connectivity index (χ0n) is 20.8. The molecule has 0 aliphatic heterocycles. The molecule has 202 valence electrons. The Morgan fingerprint density at radius 3 is 2.50 bits per heavy atom. The van der Waals surface area contributed by atoms with E-state index in [1.807, 2.05) is 19.0 Å². The summed E-state index contributed by atoms with van der Waals surface area (Å²) in [6.45, 7) is 0.737. The number of urea groups is 1. The van der Waals surface area contributed by atoms with Crippen molar-refractivity contribution >= 4 is 23.3 Å².